The fraction of sp³-hybridized carbons (Fsp3) is 0.917. The first kappa shape index (κ1) is 12.8. The summed E-state index contributed by atoms with van der Waals surface area (Å²) in [6.07, 6.45) is 3.34. The quantitative estimate of drug-likeness (QED) is 0.636. The largest absolute Gasteiger partial charge is 0.394 e. The van der Waals surface area contributed by atoms with E-state index < -0.39 is 11.1 Å². The predicted molar refractivity (Wildman–Crippen MR) is 63.3 cm³/mol. The summed E-state index contributed by atoms with van der Waals surface area (Å²) in [6.45, 7) is 2.88. The Bertz CT molecular complexity index is 294. The lowest BCUT2D eigenvalue weighted by molar-refractivity contribution is -0.130. The molecule has 1 aliphatic heterocycles. The molecule has 98 valence electrons. The molecule has 1 atom stereocenters. The summed E-state index contributed by atoms with van der Waals surface area (Å²) in [5.74, 6) is 0.147. The van der Waals surface area contributed by atoms with E-state index in [1.165, 1.54) is 0 Å². The van der Waals surface area contributed by atoms with Gasteiger partial charge in [0.25, 0.3) is 0 Å². The van der Waals surface area contributed by atoms with Gasteiger partial charge in [0, 0.05) is 13.2 Å². The molecule has 2 aliphatic rings. The molecular formula is C12H22N2O3. The molecule has 0 radical (unpaired) electrons. The first-order valence-corrected chi connectivity index (χ1v) is 6.30. The third kappa shape index (κ3) is 2.61. The second kappa shape index (κ2) is 4.55. The van der Waals surface area contributed by atoms with Gasteiger partial charge >= 0.3 is 0 Å². The number of rotatable bonds is 4. The van der Waals surface area contributed by atoms with Crippen molar-refractivity contribution in [2.75, 3.05) is 19.8 Å². The Kier molecular flexibility index (Phi) is 3.43. The summed E-state index contributed by atoms with van der Waals surface area (Å²) in [7, 11) is 0. The molecule has 0 spiro atoms. The summed E-state index contributed by atoms with van der Waals surface area (Å²) in [5, 5.41) is 12.4. The molecule has 0 aromatic carbocycles. The zero-order valence-electron chi connectivity index (χ0n) is 10.4. The van der Waals surface area contributed by atoms with Gasteiger partial charge in [-0.3, -0.25) is 4.79 Å². The highest BCUT2D eigenvalue weighted by Gasteiger charge is 2.46. The third-order valence-electron chi connectivity index (χ3n) is 4.05. The average Bonchev–Trinajstić information content (AvgIpc) is 3.14. The van der Waals surface area contributed by atoms with E-state index in [1.807, 2.05) is 0 Å². The summed E-state index contributed by atoms with van der Waals surface area (Å²) in [6, 6.07) is 0. The van der Waals surface area contributed by atoms with Gasteiger partial charge in [-0.2, -0.15) is 0 Å². The SMILES string of the molecule is CC(N)(C(=O)NC1(CO)CCOCC1)C1CC1. The van der Waals surface area contributed by atoms with Crippen LogP contribution in [0.3, 0.4) is 0 Å². The Morgan fingerprint density at radius 3 is 2.59 bits per heavy atom. The van der Waals surface area contributed by atoms with Crippen LogP contribution in [0.25, 0.3) is 0 Å². The smallest absolute Gasteiger partial charge is 0.240 e. The molecule has 1 unspecified atom stereocenters. The number of hydrogen-bond acceptors (Lipinski definition) is 4. The zero-order valence-corrected chi connectivity index (χ0v) is 10.4. The van der Waals surface area contributed by atoms with Crippen LogP contribution in [0.2, 0.25) is 0 Å². The molecule has 0 aromatic heterocycles. The maximum absolute atomic E-state index is 12.2. The van der Waals surface area contributed by atoms with Gasteiger partial charge < -0.3 is 20.9 Å². The number of ether oxygens (including phenoxy) is 1. The summed E-state index contributed by atoms with van der Waals surface area (Å²) in [5.41, 5.74) is 4.73. The van der Waals surface area contributed by atoms with Crippen molar-refractivity contribution >= 4 is 5.91 Å². The van der Waals surface area contributed by atoms with E-state index in [-0.39, 0.29) is 18.4 Å². The van der Waals surface area contributed by atoms with E-state index in [2.05, 4.69) is 5.32 Å². The van der Waals surface area contributed by atoms with Gasteiger partial charge in [-0.05, 0) is 38.5 Å². The molecule has 4 N–H and O–H groups in total. The Hall–Kier alpha value is -0.650. The van der Waals surface area contributed by atoms with Crippen molar-refractivity contribution in [3.8, 4) is 0 Å². The van der Waals surface area contributed by atoms with Crippen LogP contribution >= 0.6 is 0 Å². The molecule has 1 heterocycles. The maximum Gasteiger partial charge on any atom is 0.240 e. The van der Waals surface area contributed by atoms with Crippen molar-refractivity contribution in [1.82, 2.24) is 5.32 Å². The van der Waals surface area contributed by atoms with E-state index >= 15 is 0 Å². The van der Waals surface area contributed by atoms with E-state index in [9.17, 15) is 9.90 Å². The van der Waals surface area contributed by atoms with Crippen LogP contribution < -0.4 is 11.1 Å². The molecule has 1 saturated heterocycles. The van der Waals surface area contributed by atoms with E-state index in [0.29, 0.717) is 26.1 Å². The first-order chi connectivity index (χ1) is 8.00. The summed E-state index contributed by atoms with van der Waals surface area (Å²) >= 11 is 0. The molecule has 1 saturated carbocycles. The Labute approximate surface area is 102 Å². The molecule has 1 amide bonds. The van der Waals surface area contributed by atoms with Gasteiger partial charge in [-0.1, -0.05) is 0 Å². The average molecular weight is 242 g/mol. The van der Waals surface area contributed by atoms with Crippen LogP contribution in [0.5, 0.6) is 0 Å². The van der Waals surface area contributed by atoms with E-state index in [0.717, 1.165) is 12.8 Å². The predicted octanol–water partition coefficient (Wildman–Crippen LogP) is -0.228. The van der Waals surface area contributed by atoms with Crippen LogP contribution in [0, 0.1) is 5.92 Å². The van der Waals surface area contributed by atoms with Crippen molar-refractivity contribution in [2.45, 2.75) is 43.7 Å². The van der Waals surface area contributed by atoms with E-state index in [4.69, 9.17) is 10.5 Å². The van der Waals surface area contributed by atoms with Crippen molar-refractivity contribution in [2.24, 2.45) is 11.7 Å². The minimum Gasteiger partial charge on any atom is -0.394 e. The number of nitrogens with two attached hydrogens (primary N) is 1. The Morgan fingerprint density at radius 2 is 2.12 bits per heavy atom. The van der Waals surface area contributed by atoms with Crippen LogP contribution in [-0.4, -0.2) is 41.9 Å². The third-order valence-corrected chi connectivity index (χ3v) is 4.05. The van der Waals surface area contributed by atoms with Crippen molar-refractivity contribution in [3.63, 3.8) is 0 Å². The van der Waals surface area contributed by atoms with Crippen molar-refractivity contribution < 1.29 is 14.6 Å². The van der Waals surface area contributed by atoms with Gasteiger partial charge in [0.1, 0.15) is 0 Å². The maximum atomic E-state index is 12.2. The van der Waals surface area contributed by atoms with Gasteiger partial charge in [0.2, 0.25) is 5.91 Å². The number of aliphatic hydroxyl groups excluding tert-OH is 1. The highest BCUT2D eigenvalue weighted by atomic mass is 16.5. The topological polar surface area (TPSA) is 84.6 Å². The van der Waals surface area contributed by atoms with E-state index in [1.54, 1.807) is 6.92 Å². The second-order valence-corrected chi connectivity index (χ2v) is 5.56. The minimum absolute atomic E-state index is 0.0527. The summed E-state index contributed by atoms with van der Waals surface area (Å²) < 4.78 is 5.26. The van der Waals surface area contributed by atoms with Crippen LogP contribution in [0.15, 0.2) is 0 Å². The zero-order chi connectivity index (χ0) is 12.5. The molecule has 2 fully saturated rings. The van der Waals surface area contributed by atoms with Gasteiger partial charge in [0.15, 0.2) is 0 Å². The van der Waals surface area contributed by atoms with Crippen molar-refractivity contribution in [1.29, 1.82) is 0 Å². The minimum atomic E-state index is -0.805. The lowest BCUT2D eigenvalue weighted by Crippen LogP contribution is -2.62. The summed E-state index contributed by atoms with van der Waals surface area (Å²) in [4.78, 5) is 12.2. The van der Waals surface area contributed by atoms with Crippen molar-refractivity contribution in [3.05, 3.63) is 0 Å². The molecule has 0 aromatic rings. The molecule has 0 bridgehead atoms. The monoisotopic (exact) mass is 242 g/mol. The van der Waals surface area contributed by atoms with Crippen LogP contribution in [0.4, 0.5) is 0 Å². The molecule has 5 heteroatoms. The normalized spacial score (nSPS) is 27.2. The molecule has 5 nitrogen and oxygen atoms in total. The fourth-order valence-corrected chi connectivity index (χ4v) is 2.33. The number of nitrogens with one attached hydrogen (secondary N) is 1. The number of hydrogen-bond donors (Lipinski definition) is 3. The second-order valence-electron chi connectivity index (χ2n) is 5.56. The molecule has 1 aliphatic carbocycles. The standard InChI is InChI=1S/C12H22N2O3/c1-11(13,9-2-3-9)10(16)14-12(8-15)4-6-17-7-5-12/h9,15H,2-8,13H2,1H3,(H,14,16). The number of carbonyl (C=O) groups excluding carboxylic acids is 1. The van der Waals surface area contributed by atoms with Gasteiger partial charge in [-0.15, -0.1) is 0 Å². The lowest BCUT2D eigenvalue weighted by atomic mass is 9.88. The fourth-order valence-electron chi connectivity index (χ4n) is 2.33. The highest BCUT2D eigenvalue weighted by Crippen LogP contribution is 2.38. The number of carbonyl (C=O) groups is 1. The highest BCUT2D eigenvalue weighted by molar-refractivity contribution is 5.87. The Balaban J connectivity index is 2.00. The van der Waals surface area contributed by atoms with Gasteiger partial charge in [-0.25, -0.2) is 0 Å². The van der Waals surface area contributed by atoms with Crippen LogP contribution in [-0.2, 0) is 9.53 Å². The Morgan fingerprint density at radius 1 is 1.53 bits per heavy atom. The van der Waals surface area contributed by atoms with Gasteiger partial charge in [0.05, 0.1) is 17.7 Å². The number of aliphatic hydroxyl groups is 1. The molecule has 2 rings (SSSR count). The lowest BCUT2D eigenvalue weighted by Gasteiger charge is -2.38. The first-order valence-electron chi connectivity index (χ1n) is 6.30. The number of amides is 1. The van der Waals surface area contributed by atoms with Crippen LogP contribution in [0.1, 0.15) is 32.6 Å². The molecule has 17 heavy (non-hydrogen) atoms. The molecular weight excluding hydrogens is 220 g/mol.